The zero-order chi connectivity index (χ0) is 18.4. The van der Waals surface area contributed by atoms with Crippen molar-refractivity contribution in [3.63, 3.8) is 0 Å². The minimum absolute atomic E-state index is 0.102. The fourth-order valence-corrected chi connectivity index (χ4v) is 2.76. The Balaban J connectivity index is 2.01. The van der Waals surface area contributed by atoms with Crippen molar-refractivity contribution in [2.75, 3.05) is 33.1 Å². The lowest BCUT2D eigenvalue weighted by molar-refractivity contribution is -0.117. The summed E-state index contributed by atoms with van der Waals surface area (Å²) >= 11 is 5.99. The third-order valence-corrected chi connectivity index (χ3v) is 4.05. The molecule has 0 aliphatic carbocycles. The van der Waals surface area contributed by atoms with E-state index in [9.17, 15) is 4.79 Å². The second-order valence-corrected chi connectivity index (χ2v) is 6.27. The van der Waals surface area contributed by atoms with Crippen LogP contribution in [0.3, 0.4) is 0 Å². The maximum Gasteiger partial charge on any atom is 0.238 e. The lowest BCUT2D eigenvalue weighted by Crippen LogP contribution is -2.30. The maximum atomic E-state index is 12.3. The molecule has 0 fully saturated rings. The summed E-state index contributed by atoms with van der Waals surface area (Å²) in [6, 6.07) is 11.1. The average molecular weight is 363 g/mol. The van der Waals surface area contributed by atoms with Gasteiger partial charge in [0.1, 0.15) is 0 Å². The van der Waals surface area contributed by atoms with Crippen molar-refractivity contribution in [2.45, 2.75) is 13.5 Å². The summed E-state index contributed by atoms with van der Waals surface area (Å²) in [6.45, 7) is 2.73. The number of benzene rings is 2. The minimum Gasteiger partial charge on any atom is -0.493 e. The van der Waals surface area contributed by atoms with Crippen LogP contribution in [-0.2, 0) is 11.3 Å². The van der Waals surface area contributed by atoms with Gasteiger partial charge in [0.15, 0.2) is 11.5 Å². The van der Waals surface area contributed by atoms with E-state index in [1.165, 1.54) is 0 Å². The second-order valence-electron chi connectivity index (χ2n) is 5.83. The van der Waals surface area contributed by atoms with Crippen LogP contribution < -0.4 is 14.8 Å². The fraction of sp³-hybridized carbons (Fsp3) is 0.316. The van der Waals surface area contributed by atoms with Gasteiger partial charge in [-0.15, -0.1) is 0 Å². The van der Waals surface area contributed by atoms with Gasteiger partial charge in [-0.2, -0.15) is 0 Å². The molecule has 0 saturated carbocycles. The highest BCUT2D eigenvalue weighted by atomic mass is 35.5. The summed E-state index contributed by atoms with van der Waals surface area (Å²) in [7, 11) is 5.09. The van der Waals surface area contributed by atoms with Crippen molar-refractivity contribution < 1.29 is 14.3 Å². The molecule has 0 aliphatic heterocycles. The molecular formula is C19H23ClN2O3. The number of likely N-dealkylation sites (N-methyl/N-ethyl adjacent to an activating group) is 1. The highest BCUT2D eigenvalue weighted by molar-refractivity contribution is 6.31. The van der Waals surface area contributed by atoms with Crippen molar-refractivity contribution in [2.24, 2.45) is 0 Å². The van der Waals surface area contributed by atoms with Crippen LogP contribution in [0.15, 0.2) is 36.4 Å². The largest absolute Gasteiger partial charge is 0.493 e. The number of carbonyl (C=O) groups excluding carboxylic acids is 1. The number of methoxy groups -OCH3 is 2. The van der Waals surface area contributed by atoms with Crippen LogP contribution in [0.2, 0.25) is 5.02 Å². The van der Waals surface area contributed by atoms with Gasteiger partial charge in [-0.05, 0) is 37.7 Å². The van der Waals surface area contributed by atoms with Gasteiger partial charge in [0, 0.05) is 22.8 Å². The van der Waals surface area contributed by atoms with Gasteiger partial charge >= 0.3 is 0 Å². The van der Waals surface area contributed by atoms with E-state index < -0.39 is 0 Å². The first-order valence-electron chi connectivity index (χ1n) is 7.89. The molecule has 25 heavy (non-hydrogen) atoms. The molecule has 0 spiro atoms. The van der Waals surface area contributed by atoms with E-state index >= 15 is 0 Å². The van der Waals surface area contributed by atoms with E-state index in [-0.39, 0.29) is 12.5 Å². The molecule has 0 saturated heterocycles. The highest BCUT2D eigenvalue weighted by Crippen LogP contribution is 2.31. The molecule has 1 amide bonds. The Kier molecular flexibility index (Phi) is 6.67. The topological polar surface area (TPSA) is 50.8 Å². The SMILES string of the molecule is COc1cccc(CN(C)CC(=O)Nc2cc(Cl)ccc2C)c1OC. The summed E-state index contributed by atoms with van der Waals surface area (Å²) in [4.78, 5) is 14.2. The molecular weight excluding hydrogens is 340 g/mol. The Morgan fingerprint density at radius 2 is 1.96 bits per heavy atom. The number of anilines is 1. The van der Waals surface area contributed by atoms with E-state index in [0.717, 1.165) is 16.8 Å². The molecule has 0 heterocycles. The molecule has 134 valence electrons. The zero-order valence-electron chi connectivity index (χ0n) is 14.9. The number of nitrogens with one attached hydrogen (secondary N) is 1. The number of halogens is 1. The van der Waals surface area contributed by atoms with Gasteiger partial charge in [0.25, 0.3) is 0 Å². The van der Waals surface area contributed by atoms with Crippen molar-refractivity contribution >= 4 is 23.2 Å². The molecule has 0 atom stereocenters. The third-order valence-electron chi connectivity index (χ3n) is 3.81. The van der Waals surface area contributed by atoms with Crippen LogP contribution >= 0.6 is 11.6 Å². The molecule has 5 nitrogen and oxygen atoms in total. The number of hydrogen-bond donors (Lipinski definition) is 1. The number of carbonyl (C=O) groups is 1. The van der Waals surface area contributed by atoms with Crippen LogP contribution in [-0.4, -0.2) is 38.6 Å². The lowest BCUT2D eigenvalue weighted by Gasteiger charge is -2.19. The number of hydrogen-bond acceptors (Lipinski definition) is 4. The molecule has 2 aromatic carbocycles. The predicted molar refractivity (Wildman–Crippen MR) is 101 cm³/mol. The Morgan fingerprint density at radius 3 is 2.64 bits per heavy atom. The zero-order valence-corrected chi connectivity index (χ0v) is 15.7. The molecule has 6 heteroatoms. The quantitative estimate of drug-likeness (QED) is 0.815. The van der Waals surface area contributed by atoms with Crippen LogP contribution in [0, 0.1) is 6.92 Å². The molecule has 2 aromatic rings. The number of rotatable bonds is 7. The number of aryl methyl sites for hydroxylation is 1. The van der Waals surface area contributed by atoms with Crippen LogP contribution in [0.25, 0.3) is 0 Å². The van der Waals surface area contributed by atoms with Crippen molar-refractivity contribution in [1.82, 2.24) is 4.90 Å². The lowest BCUT2D eigenvalue weighted by atomic mass is 10.1. The summed E-state index contributed by atoms with van der Waals surface area (Å²) in [5.41, 5.74) is 2.65. The summed E-state index contributed by atoms with van der Waals surface area (Å²) < 4.78 is 10.7. The Labute approximate surface area is 153 Å². The molecule has 0 unspecified atom stereocenters. The monoisotopic (exact) mass is 362 g/mol. The van der Waals surface area contributed by atoms with Crippen LogP contribution in [0.4, 0.5) is 5.69 Å². The second kappa shape index (κ2) is 8.74. The maximum absolute atomic E-state index is 12.3. The fourth-order valence-electron chi connectivity index (χ4n) is 2.59. The Morgan fingerprint density at radius 1 is 1.20 bits per heavy atom. The first-order valence-corrected chi connectivity index (χ1v) is 8.26. The first kappa shape index (κ1) is 19.1. The molecule has 0 bridgehead atoms. The normalized spacial score (nSPS) is 10.6. The number of ether oxygens (including phenoxy) is 2. The molecule has 2 rings (SSSR count). The van der Waals surface area contributed by atoms with Gasteiger partial charge in [-0.3, -0.25) is 9.69 Å². The van der Waals surface area contributed by atoms with Crippen LogP contribution in [0.5, 0.6) is 11.5 Å². The number of para-hydroxylation sites is 1. The van der Waals surface area contributed by atoms with Gasteiger partial charge in [-0.25, -0.2) is 0 Å². The van der Waals surface area contributed by atoms with Gasteiger partial charge < -0.3 is 14.8 Å². The van der Waals surface area contributed by atoms with E-state index in [0.29, 0.717) is 23.1 Å². The number of amides is 1. The summed E-state index contributed by atoms with van der Waals surface area (Å²) in [5, 5.41) is 3.49. The van der Waals surface area contributed by atoms with E-state index in [2.05, 4.69) is 5.32 Å². The Hall–Kier alpha value is -2.24. The molecule has 0 aromatic heterocycles. The van der Waals surface area contributed by atoms with Gasteiger partial charge in [0.05, 0.1) is 20.8 Å². The standard InChI is InChI=1S/C19H23ClN2O3/c1-13-8-9-15(20)10-16(13)21-18(23)12-22(2)11-14-6-5-7-17(24-3)19(14)25-4/h5-10H,11-12H2,1-4H3,(H,21,23). The minimum atomic E-state index is -0.102. The smallest absolute Gasteiger partial charge is 0.238 e. The van der Waals surface area contributed by atoms with E-state index in [1.54, 1.807) is 26.4 Å². The van der Waals surface area contributed by atoms with Crippen molar-refractivity contribution in [3.05, 3.63) is 52.5 Å². The van der Waals surface area contributed by atoms with Gasteiger partial charge in [-0.1, -0.05) is 29.8 Å². The van der Waals surface area contributed by atoms with Crippen molar-refractivity contribution in [1.29, 1.82) is 0 Å². The van der Waals surface area contributed by atoms with E-state index in [1.807, 2.05) is 43.1 Å². The molecule has 1 N–H and O–H groups in total. The summed E-state index contributed by atoms with van der Waals surface area (Å²) in [5.74, 6) is 1.25. The molecule has 0 aliphatic rings. The summed E-state index contributed by atoms with van der Waals surface area (Å²) in [6.07, 6.45) is 0. The third kappa shape index (κ3) is 5.11. The van der Waals surface area contributed by atoms with Crippen molar-refractivity contribution in [3.8, 4) is 11.5 Å². The van der Waals surface area contributed by atoms with Crippen LogP contribution in [0.1, 0.15) is 11.1 Å². The predicted octanol–water partition coefficient (Wildman–Crippen LogP) is 3.74. The Bertz CT molecular complexity index is 749. The average Bonchev–Trinajstić information content (AvgIpc) is 2.57. The first-order chi connectivity index (χ1) is 11.9. The van der Waals surface area contributed by atoms with Gasteiger partial charge in [0.2, 0.25) is 5.91 Å². The molecule has 0 radical (unpaired) electrons. The highest BCUT2D eigenvalue weighted by Gasteiger charge is 2.14. The number of nitrogens with zero attached hydrogens (tertiary/aromatic N) is 1. The van der Waals surface area contributed by atoms with E-state index in [4.69, 9.17) is 21.1 Å².